The van der Waals surface area contributed by atoms with Gasteiger partial charge in [-0.1, -0.05) is 34.7 Å². The van der Waals surface area contributed by atoms with Crippen molar-refractivity contribution in [3.8, 4) is 5.69 Å². The smallest absolute Gasteiger partial charge is 0.418 e. The highest BCUT2D eigenvalue weighted by Gasteiger charge is 2.35. The second-order valence-corrected chi connectivity index (χ2v) is 7.81. The summed E-state index contributed by atoms with van der Waals surface area (Å²) in [5, 5.41) is 21.2. The first kappa shape index (κ1) is 21.3. The number of carbonyl (C=O) groups is 1. The van der Waals surface area contributed by atoms with Crippen LogP contribution in [0, 0.1) is 0 Å². The highest BCUT2D eigenvalue weighted by molar-refractivity contribution is 8.00. The topological polar surface area (TPSA) is 108 Å². The fraction of sp³-hybridized carbons (Fsp3) is 0.286. The first-order valence-electron chi connectivity index (χ1n) is 7.82. The van der Waals surface area contributed by atoms with Gasteiger partial charge in [-0.05, 0) is 35.5 Å². The van der Waals surface area contributed by atoms with Crippen LogP contribution in [0.4, 0.5) is 23.1 Å². The second kappa shape index (κ2) is 8.92. The average Bonchev–Trinajstić information content (AvgIpc) is 3.28. The molecule has 0 spiro atoms. The first-order valence-corrected chi connectivity index (χ1v) is 10.0. The molecule has 0 aliphatic carbocycles. The number of halogens is 4. The third-order valence-corrected chi connectivity index (χ3v) is 5.45. The normalized spacial score (nSPS) is 11.5. The van der Waals surface area contributed by atoms with Gasteiger partial charge < -0.3 is 4.74 Å². The van der Waals surface area contributed by atoms with Crippen LogP contribution in [0.2, 0.25) is 5.02 Å². The summed E-state index contributed by atoms with van der Waals surface area (Å²) in [5.41, 5.74) is -1.20. The number of thioether (sulfide) groups is 1. The number of hydrogen-bond acceptors (Lipinski definition) is 9. The Morgan fingerprint density at radius 3 is 2.86 bits per heavy atom. The van der Waals surface area contributed by atoms with E-state index in [1.54, 1.807) is 6.92 Å². The molecule has 0 saturated heterocycles. The van der Waals surface area contributed by atoms with E-state index in [1.165, 1.54) is 12.1 Å². The zero-order valence-electron chi connectivity index (χ0n) is 14.5. The zero-order valence-corrected chi connectivity index (χ0v) is 16.9. The lowest BCUT2D eigenvalue weighted by Gasteiger charge is -2.13. The molecular weight excluding hydrogens is 455 g/mol. The minimum absolute atomic E-state index is 0.0550. The van der Waals surface area contributed by atoms with Gasteiger partial charge in [-0.15, -0.1) is 15.3 Å². The number of nitrogens with zero attached hydrogens (tertiary/aromatic N) is 6. The molecule has 0 bridgehead atoms. The molecule has 0 aliphatic heterocycles. The highest BCUT2D eigenvalue weighted by Crippen LogP contribution is 2.36. The molecule has 29 heavy (non-hydrogen) atoms. The SMILES string of the molecule is CCOC(=O)Nc1nnc(SCc2nnnn2-c2ccc(Cl)cc2C(F)(F)F)s1. The van der Waals surface area contributed by atoms with E-state index in [4.69, 9.17) is 16.3 Å². The lowest BCUT2D eigenvalue weighted by molar-refractivity contribution is -0.137. The molecule has 3 rings (SSSR count). The lowest BCUT2D eigenvalue weighted by Crippen LogP contribution is -2.13. The van der Waals surface area contributed by atoms with Crippen molar-refractivity contribution in [2.24, 2.45) is 0 Å². The van der Waals surface area contributed by atoms with E-state index in [1.807, 2.05) is 0 Å². The standard InChI is InChI=1S/C14H11ClF3N7O2S2/c1-2-27-12(26)19-11-21-22-13(29-11)28-6-10-20-23-24-25(10)9-4-3-7(15)5-8(9)14(16,17)18/h3-5H,2,6H2,1H3,(H,19,21,26). The van der Waals surface area contributed by atoms with Gasteiger partial charge >= 0.3 is 12.3 Å². The minimum Gasteiger partial charge on any atom is -0.450 e. The maximum Gasteiger partial charge on any atom is 0.418 e. The van der Waals surface area contributed by atoms with E-state index in [2.05, 4.69) is 31.0 Å². The van der Waals surface area contributed by atoms with E-state index in [0.29, 0.717) is 4.34 Å². The second-order valence-electron chi connectivity index (χ2n) is 5.17. The first-order chi connectivity index (χ1) is 13.8. The third-order valence-electron chi connectivity index (χ3n) is 3.24. The van der Waals surface area contributed by atoms with Crippen LogP contribution in [0.15, 0.2) is 22.5 Å². The molecule has 9 nitrogen and oxygen atoms in total. The van der Waals surface area contributed by atoms with E-state index < -0.39 is 17.8 Å². The summed E-state index contributed by atoms with van der Waals surface area (Å²) in [6, 6.07) is 3.33. The Kier molecular flexibility index (Phi) is 6.54. The molecule has 2 heterocycles. The number of anilines is 1. The van der Waals surface area contributed by atoms with Crippen molar-refractivity contribution in [1.82, 2.24) is 30.4 Å². The molecule has 0 radical (unpaired) electrons. The number of nitrogens with one attached hydrogen (secondary N) is 1. The van der Waals surface area contributed by atoms with Gasteiger partial charge in [0.2, 0.25) is 5.13 Å². The molecule has 0 unspecified atom stereocenters. The molecule has 1 aromatic carbocycles. The molecule has 0 fully saturated rings. The predicted octanol–water partition coefficient (Wildman–Crippen LogP) is 4.05. The highest BCUT2D eigenvalue weighted by atomic mass is 35.5. The van der Waals surface area contributed by atoms with Crippen molar-refractivity contribution in [3.63, 3.8) is 0 Å². The molecule has 1 N–H and O–H groups in total. The van der Waals surface area contributed by atoms with Crippen molar-refractivity contribution in [3.05, 3.63) is 34.6 Å². The van der Waals surface area contributed by atoms with Gasteiger partial charge in [0.15, 0.2) is 10.2 Å². The Balaban J connectivity index is 1.76. The van der Waals surface area contributed by atoms with Crippen LogP contribution in [-0.4, -0.2) is 43.1 Å². The fourth-order valence-corrected chi connectivity index (χ4v) is 3.92. The summed E-state index contributed by atoms with van der Waals surface area (Å²) in [7, 11) is 0. The summed E-state index contributed by atoms with van der Waals surface area (Å²) in [6.07, 6.45) is -5.30. The van der Waals surface area contributed by atoms with Crippen molar-refractivity contribution in [2.45, 2.75) is 23.2 Å². The van der Waals surface area contributed by atoms with E-state index in [0.717, 1.165) is 33.8 Å². The monoisotopic (exact) mass is 465 g/mol. The number of ether oxygens (including phenoxy) is 1. The number of alkyl halides is 3. The minimum atomic E-state index is -4.64. The van der Waals surface area contributed by atoms with Crippen LogP contribution >= 0.6 is 34.7 Å². The summed E-state index contributed by atoms with van der Waals surface area (Å²) in [6.45, 7) is 1.87. The maximum atomic E-state index is 13.4. The van der Waals surface area contributed by atoms with Gasteiger partial charge in [0.05, 0.1) is 23.6 Å². The van der Waals surface area contributed by atoms with Crippen molar-refractivity contribution in [1.29, 1.82) is 0 Å². The van der Waals surface area contributed by atoms with Crippen molar-refractivity contribution in [2.75, 3.05) is 11.9 Å². The number of hydrogen-bond donors (Lipinski definition) is 1. The Hall–Kier alpha value is -2.45. The molecule has 3 aromatic rings. The molecule has 2 aromatic heterocycles. The molecule has 0 saturated carbocycles. The molecule has 1 amide bonds. The lowest BCUT2D eigenvalue weighted by atomic mass is 10.1. The number of rotatable bonds is 6. The number of amides is 1. The largest absolute Gasteiger partial charge is 0.450 e. The average molecular weight is 466 g/mol. The molecule has 0 atom stereocenters. The number of benzene rings is 1. The molecular formula is C14H11ClF3N7O2S2. The van der Waals surface area contributed by atoms with Crippen LogP contribution in [0.1, 0.15) is 18.3 Å². The van der Waals surface area contributed by atoms with Gasteiger partial charge in [-0.2, -0.15) is 17.9 Å². The Bertz CT molecular complexity index is 1010. The maximum absolute atomic E-state index is 13.4. The number of aromatic nitrogens is 6. The number of carbonyl (C=O) groups excluding carboxylic acids is 1. The molecule has 0 aliphatic rings. The predicted molar refractivity (Wildman–Crippen MR) is 99.3 cm³/mol. The van der Waals surface area contributed by atoms with Crippen LogP contribution in [-0.2, 0) is 16.7 Å². The van der Waals surface area contributed by atoms with Crippen LogP contribution < -0.4 is 5.32 Å². The Labute approximate surface area is 174 Å². The quantitative estimate of drug-likeness (QED) is 0.429. The third kappa shape index (κ3) is 5.33. The fourth-order valence-electron chi connectivity index (χ4n) is 2.10. The van der Waals surface area contributed by atoms with Gasteiger partial charge in [0.25, 0.3) is 0 Å². The van der Waals surface area contributed by atoms with E-state index in [-0.39, 0.29) is 34.0 Å². The summed E-state index contributed by atoms with van der Waals surface area (Å²) >= 11 is 7.93. The van der Waals surface area contributed by atoms with Gasteiger partial charge in [0, 0.05) is 5.02 Å². The summed E-state index contributed by atoms with van der Waals surface area (Å²) in [5.74, 6) is 0.277. The molecule has 154 valence electrons. The van der Waals surface area contributed by atoms with Gasteiger partial charge in [-0.25, -0.2) is 4.79 Å². The molecule has 15 heteroatoms. The summed E-state index contributed by atoms with van der Waals surface area (Å²) in [4.78, 5) is 11.4. The zero-order chi connectivity index (χ0) is 21.0. The van der Waals surface area contributed by atoms with Crippen LogP contribution in [0.3, 0.4) is 0 Å². The Morgan fingerprint density at radius 1 is 1.34 bits per heavy atom. The van der Waals surface area contributed by atoms with Gasteiger partial charge in [0.1, 0.15) is 0 Å². The van der Waals surface area contributed by atoms with Gasteiger partial charge in [-0.3, -0.25) is 5.32 Å². The van der Waals surface area contributed by atoms with Crippen molar-refractivity contribution >= 4 is 45.9 Å². The van der Waals surface area contributed by atoms with Crippen LogP contribution in [0.25, 0.3) is 5.69 Å². The van der Waals surface area contributed by atoms with E-state index in [9.17, 15) is 18.0 Å². The van der Waals surface area contributed by atoms with Crippen molar-refractivity contribution < 1.29 is 22.7 Å². The Morgan fingerprint density at radius 2 is 2.14 bits per heavy atom. The number of tetrazole rings is 1. The van der Waals surface area contributed by atoms with E-state index >= 15 is 0 Å². The summed E-state index contributed by atoms with van der Waals surface area (Å²) < 4.78 is 46.3. The van der Waals surface area contributed by atoms with Crippen LogP contribution in [0.5, 0.6) is 0 Å².